The standard InChI is InChI=1S/C17H11Cl2FN2O2S/c18-12-6-5-11(7-13(12)19)21-15(23)14-8-25-16(22(14)17(21)24)9-1-3-10(20)4-2-9/h1-7,14,16H,8H2/t14-,16+/m1/s1. The van der Waals surface area contributed by atoms with Gasteiger partial charge in [0.15, 0.2) is 0 Å². The monoisotopic (exact) mass is 396 g/mol. The van der Waals surface area contributed by atoms with E-state index in [0.29, 0.717) is 16.5 Å². The average Bonchev–Trinajstić information content (AvgIpc) is 3.12. The highest BCUT2D eigenvalue weighted by Gasteiger charge is 2.53. The van der Waals surface area contributed by atoms with Crippen LogP contribution < -0.4 is 4.90 Å². The van der Waals surface area contributed by atoms with Crippen molar-refractivity contribution in [1.29, 1.82) is 0 Å². The summed E-state index contributed by atoms with van der Waals surface area (Å²) in [5.41, 5.74) is 1.17. The van der Waals surface area contributed by atoms with Crippen LogP contribution in [0.3, 0.4) is 0 Å². The van der Waals surface area contributed by atoms with Gasteiger partial charge in [-0.2, -0.15) is 0 Å². The number of carbonyl (C=O) groups is 2. The molecule has 2 aromatic carbocycles. The minimum Gasteiger partial charge on any atom is -0.295 e. The topological polar surface area (TPSA) is 40.6 Å². The maximum absolute atomic E-state index is 13.2. The van der Waals surface area contributed by atoms with E-state index in [-0.39, 0.29) is 22.1 Å². The number of benzene rings is 2. The molecule has 2 aromatic rings. The van der Waals surface area contributed by atoms with Crippen LogP contribution in [0.4, 0.5) is 14.9 Å². The molecule has 4 nitrogen and oxygen atoms in total. The minimum absolute atomic E-state index is 0.274. The Morgan fingerprint density at radius 3 is 2.44 bits per heavy atom. The van der Waals surface area contributed by atoms with Gasteiger partial charge in [0.1, 0.15) is 17.2 Å². The van der Waals surface area contributed by atoms with E-state index in [4.69, 9.17) is 23.2 Å². The summed E-state index contributed by atoms with van der Waals surface area (Å²) < 4.78 is 13.2. The summed E-state index contributed by atoms with van der Waals surface area (Å²) in [7, 11) is 0. The number of thioether (sulfide) groups is 1. The summed E-state index contributed by atoms with van der Waals surface area (Å²) in [4.78, 5) is 28.3. The van der Waals surface area contributed by atoms with Gasteiger partial charge in [-0.25, -0.2) is 14.1 Å². The van der Waals surface area contributed by atoms with Gasteiger partial charge in [0.05, 0.1) is 15.7 Å². The number of fused-ring (bicyclic) bond motifs is 1. The molecule has 4 rings (SSSR count). The molecule has 2 fully saturated rings. The SMILES string of the molecule is O=C1[C@H]2CS[C@@H](c3ccc(F)cc3)N2C(=O)N1c1ccc(Cl)c(Cl)c1. The maximum Gasteiger partial charge on any atom is 0.333 e. The zero-order chi connectivity index (χ0) is 17.7. The molecule has 2 atom stereocenters. The van der Waals surface area contributed by atoms with E-state index in [2.05, 4.69) is 0 Å². The number of hydrogen-bond acceptors (Lipinski definition) is 3. The van der Waals surface area contributed by atoms with Gasteiger partial charge in [0.25, 0.3) is 5.91 Å². The molecular weight excluding hydrogens is 386 g/mol. The summed E-state index contributed by atoms with van der Waals surface area (Å²) in [5, 5.41) is 0.302. The van der Waals surface area contributed by atoms with Gasteiger partial charge in [0, 0.05) is 5.75 Å². The van der Waals surface area contributed by atoms with Crippen molar-refractivity contribution in [2.75, 3.05) is 10.7 Å². The largest absolute Gasteiger partial charge is 0.333 e. The number of halogens is 3. The Labute approximate surface area is 157 Å². The van der Waals surface area contributed by atoms with E-state index in [9.17, 15) is 14.0 Å². The lowest BCUT2D eigenvalue weighted by atomic mass is 10.2. The fraction of sp³-hybridized carbons (Fsp3) is 0.176. The van der Waals surface area contributed by atoms with Crippen LogP contribution in [0.5, 0.6) is 0 Å². The molecule has 0 bridgehead atoms. The average molecular weight is 397 g/mol. The predicted octanol–water partition coefficient (Wildman–Crippen LogP) is 4.72. The van der Waals surface area contributed by atoms with E-state index in [0.717, 1.165) is 10.5 Å². The fourth-order valence-corrected chi connectivity index (χ4v) is 4.74. The van der Waals surface area contributed by atoms with Gasteiger partial charge < -0.3 is 0 Å². The first kappa shape index (κ1) is 16.7. The fourth-order valence-electron chi connectivity index (χ4n) is 3.04. The third-order valence-electron chi connectivity index (χ3n) is 4.23. The number of hydrogen-bond donors (Lipinski definition) is 0. The van der Waals surface area contributed by atoms with Crippen LogP contribution >= 0.6 is 35.0 Å². The number of amides is 3. The lowest BCUT2D eigenvalue weighted by Crippen LogP contribution is -2.33. The summed E-state index contributed by atoms with van der Waals surface area (Å²) in [6.07, 6.45) is 0. The Balaban J connectivity index is 1.68. The molecule has 128 valence electrons. The van der Waals surface area contributed by atoms with Crippen molar-refractivity contribution in [2.45, 2.75) is 11.4 Å². The normalized spacial score (nSPS) is 22.7. The number of imide groups is 1. The molecule has 0 saturated carbocycles. The second kappa shape index (κ2) is 6.20. The molecule has 2 aliphatic rings. The highest BCUT2D eigenvalue weighted by molar-refractivity contribution is 7.99. The van der Waals surface area contributed by atoms with Crippen LogP contribution in [0.25, 0.3) is 0 Å². The lowest BCUT2D eigenvalue weighted by molar-refractivity contribution is -0.119. The van der Waals surface area contributed by atoms with E-state index in [1.807, 2.05) is 0 Å². The van der Waals surface area contributed by atoms with E-state index in [1.165, 1.54) is 30.0 Å². The van der Waals surface area contributed by atoms with Gasteiger partial charge >= 0.3 is 6.03 Å². The maximum atomic E-state index is 13.2. The van der Waals surface area contributed by atoms with E-state index < -0.39 is 12.1 Å². The Kier molecular flexibility index (Phi) is 4.14. The molecular formula is C17H11Cl2FN2O2S. The third kappa shape index (κ3) is 2.69. The Morgan fingerprint density at radius 1 is 1.04 bits per heavy atom. The van der Waals surface area contributed by atoms with Crippen LogP contribution in [0.15, 0.2) is 42.5 Å². The minimum atomic E-state index is -0.540. The molecule has 25 heavy (non-hydrogen) atoms. The smallest absolute Gasteiger partial charge is 0.295 e. The predicted molar refractivity (Wildman–Crippen MR) is 96.6 cm³/mol. The van der Waals surface area contributed by atoms with Gasteiger partial charge in [0.2, 0.25) is 0 Å². The number of anilines is 1. The van der Waals surface area contributed by atoms with Crippen LogP contribution in [0, 0.1) is 5.82 Å². The summed E-state index contributed by atoms with van der Waals surface area (Å²) in [5.74, 6) is -0.144. The lowest BCUT2D eigenvalue weighted by Gasteiger charge is -2.23. The first-order valence-electron chi connectivity index (χ1n) is 7.46. The Bertz CT molecular complexity index is 877. The van der Waals surface area contributed by atoms with Gasteiger partial charge in [-0.3, -0.25) is 9.69 Å². The molecule has 8 heteroatoms. The quantitative estimate of drug-likeness (QED) is 0.689. The molecule has 0 unspecified atom stereocenters. The van der Waals surface area contributed by atoms with Crippen molar-refractivity contribution in [3.8, 4) is 0 Å². The van der Waals surface area contributed by atoms with Crippen molar-refractivity contribution in [3.05, 3.63) is 63.9 Å². The first-order chi connectivity index (χ1) is 12.0. The van der Waals surface area contributed by atoms with Crippen molar-refractivity contribution in [3.63, 3.8) is 0 Å². The molecule has 0 aliphatic carbocycles. The molecule has 0 N–H and O–H groups in total. The van der Waals surface area contributed by atoms with Crippen molar-refractivity contribution >= 4 is 52.6 Å². The summed E-state index contributed by atoms with van der Waals surface area (Å²) in [6.45, 7) is 0. The van der Waals surface area contributed by atoms with Crippen LogP contribution in [0.1, 0.15) is 10.9 Å². The summed E-state index contributed by atoms with van der Waals surface area (Å²) >= 11 is 13.4. The Hall–Kier alpha value is -1.76. The van der Waals surface area contributed by atoms with E-state index >= 15 is 0 Å². The second-order valence-electron chi connectivity index (χ2n) is 5.71. The van der Waals surface area contributed by atoms with Crippen LogP contribution in [-0.2, 0) is 4.79 Å². The highest BCUT2D eigenvalue weighted by atomic mass is 35.5. The van der Waals surface area contributed by atoms with Crippen molar-refractivity contribution < 1.29 is 14.0 Å². The van der Waals surface area contributed by atoms with Crippen LogP contribution in [-0.4, -0.2) is 28.6 Å². The second-order valence-corrected chi connectivity index (χ2v) is 7.64. The van der Waals surface area contributed by atoms with Gasteiger partial charge in [-0.1, -0.05) is 35.3 Å². The molecule has 3 amide bonds. The molecule has 2 heterocycles. The zero-order valence-electron chi connectivity index (χ0n) is 12.7. The number of carbonyl (C=O) groups excluding carboxylic acids is 2. The highest BCUT2D eigenvalue weighted by Crippen LogP contribution is 2.46. The zero-order valence-corrected chi connectivity index (χ0v) is 15.0. The molecule has 0 spiro atoms. The molecule has 0 radical (unpaired) electrons. The van der Waals surface area contributed by atoms with Crippen molar-refractivity contribution in [1.82, 2.24) is 4.90 Å². The van der Waals surface area contributed by atoms with Crippen molar-refractivity contribution in [2.24, 2.45) is 0 Å². The Morgan fingerprint density at radius 2 is 1.76 bits per heavy atom. The number of nitrogens with zero attached hydrogens (tertiary/aromatic N) is 2. The molecule has 2 saturated heterocycles. The third-order valence-corrected chi connectivity index (χ3v) is 6.30. The number of rotatable bonds is 2. The van der Waals surface area contributed by atoms with Crippen LogP contribution in [0.2, 0.25) is 10.0 Å². The molecule has 0 aromatic heterocycles. The number of urea groups is 1. The van der Waals surface area contributed by atoms with Gasteiger partial charge in [-0.15, -0.1) is 11.8 Å². The first-order valence-corrected chi connectivity index (χ1v) is 9.26. The summed E-state index contributed by atoms with van der Waals surface area (Å²) in [6, 6.07) is 9.66. The van der Waals surface area contributed by atoms with Gasteiger partial charge in [-0.05, 0) is 35.9 Å². The molecule has 2 aliphatic heterocycles. The van der Waals surface area contributed by atoms with E-state index in [1.54, 1.807) is 29.2 Å².